The maximum absolute atomic E-state index is 6.44. The molecule has 0 aliphatic rings. The van der Waals surface area contributed by atoms with Crippen LogP contribution < -0.4 is 0 Å². The van der Waals surface area contributed by atoms with Crippen LogP contribution in [0.2, 0.25) is 0 Å². The smallest absolute Gasteiger partial charge is 0.216 e. The summed E-state index contributed by atoms with van der Waals surface area (Å²) in [6.45, 7) is 19.5. The Morgan fingerprint density at radius 3 is 1.98 bits per heavy atom. The fourth-order valence-corrected chi connectivity index (χ4v) is 7.03. The van der Waals surface area contributed by atoms with Crippen LogP contribution in [0.4, 0.5) is 0 Å². The number of aryl methyl sites for hydroxylation is 6. The van der Waals surface area contributed by atoms with E-state index in [1.54, 1.807) is 0 Å². The summed E-state index contributed by atoms with van der Waals surface area (Å²) in [4.78, 5) is 14.2. The predicted molar refractivity (Wildman–Crippen MR) is 225 cm³/mol. The zero-order chi connectivity index (χ0) is 38.1. The molecule has 0 aliphatic heterocycles. The topological polar surface area (TPSA) is 51.8 Å². The van der Waals surface area contributed by atoms with Crippen LogP contribution in [-0.4, -0.2) is 15.0 Å². The van der Waals surface area contributed by atoms with Crippen molar-refractivity contribution in [1.29, 1.82) is 0 Å². The summed E-state index contributed by atoms with van der Waals surface area (Å²) < 4.78 is 6.44. The fourth-order valence-electron chi connectivity index (χ4n) is 7.03. The van der Waals surface area contributed by atoms with E-state index in [1.165, 1.54) is 50.1 Å². The van der Waals surface area contributed by atoms with Crippen LogP contribution in [0.5, 0.6) is 0 Å². The van der Waals surface area contributed by atoms with Gasteiger partial charge in [0.15, 0.2) is 0 Å². The first-order valence-corrected chi connectivity index (χ1v) is 18.6. The van der Waals surface area contributed by atoms with E-state index in [-0.39, 0.29) is 25.5 Å². The molecule has 0 saturated heterocycles. The third-order valence-electron chi connectivity index (χ3n) is 10.0. The number of hydrogen-bond donors (Lipinski definition) is 0. The summed E-state index contributed by atoms with van der Waals surface area (Å²) in [5.74, 6) is 0. The molecule has 279 valence electrons. The van der Waals surface area contributed by atoms with E-state index in [0.717, 1.165) is 56.5 Å². The largest absolute Gasteiger partial charge is 0.486 e. The minimum Gasteiger partial charge on any atom is -0.486 e. The number of aromatic nitrogens is 3. The van der Waals surface area contributed by atoms with Gasteiger partial charge in [-0.3, -0.25) is 0 Å². The van der Waals surface area contributed by atoms with Crippen LogP contribution in [0.1, 0.15) is 59.7 Å². The summed E-state index contributed by atoms with van der Waals surface area (Å²) in [6, 6.07) is 40.3. The van der Waals surface area contributed by atoms with Gasteiger partial charge in [0.05, 0.1) is 11.3 Å². The van der Waals surface area contributed by atoms with E-state index in [2.05, 4.69) is 158 Å². The molecule has 4 nitrogen and oxygen atoms in total. The Morgan fingerprint density at radius 2 is 1.33 bits per heavy atom. The summed E-state index contributed by atoms with van der Waals surface area (Å²) in [6.07, 6.45) is 4.91. The van der Waals surface area contributed by atoms with Crippen molar-refractivity contribution in [2.24, 2.45) is 5.41 Å². The van der Waals surface area contributed by atoms with E-state index < -0.39 is 0 Å². The van der Waals surface area contributed by atoms with Crippen molar-refractivity contribution < 1.29 is 24.5 Å². The normalized spacial score (nSPS) is 11.3. The van der Waals surface area contributed by atoms with Crippen LogP contribution in [0.3, 0.4) is 0 Å². The maximum atomic E-state index is 6.44. The minimum atomic E-state index is 0. The maximum Gasteiger partial charge on any atom is 0.216 e. The summed E-state index contributed by atoms with van der Waals surface area (Å²) >= 11 is 0. The third-order valence-corrected chi connectivity index (χ3v) is 10.0. The van der Waals surface area contributed by atoms with Gasteiger partial charge < -0.3 is 14.4 Å². The van der Waals surface area contributed by atoms with Crippen molar-refractivity contribution in [2.45, 2.75) is 68.7 Å². The number of hydrogen-bond acceptors (Lipinski definition) is 4. The van der Waals surface area contributed by atoms with Crippen LogP contribution in [-0.2, 0) is 26.5 Å². The molecule has 0 fully saturated rings. The van der Waals surface area contributed by atoms with Crippen molar-refractivity contribution in [1.82, 2.24) is 15.0 Å². The van der Waals surface area contributed by atoms with Gasteiger partial charge in [-0.15, -0.1) is 53.6 Å². The molecule has 0 aliphatic carbocycles. The Labute approximate surface area is 339 Å². The summed E-state index contributed by atoms with van der Waals surface area (Å²) in [5.41, 5.74) is 18.6. The monoisotopic (exact) mass is 898 g/mol. The second-order valence-corrected chi connectivity index (χ2v) is 15.8. The molecule has 0 unspecified atom stereocenters. The second-order valence-electron chi connectivity index (χ2n) is 15.8. The molecule has 0 amide bonds. The predicted octanol–water partition coefficient (Wildman–Crippen LogP) is 13.2. The first kappa shape index (κ1) is 39.5. The molecule has 4 heterocycles. The number of fused-ring (bicyclic) bond motifs is 3. The molecule has 55 heavy (non-hydrogen) atoms. The van der Waals surface area contributed by atoms with Crippen molar-refractivity contribution in [3.63, 3.8) is 0 Å². The van der Waals surface area contributed by atoms with Gasteiger partial charge in [-0.25, -0.2) is 4.98 Å². The molecule has 0 saturated carbocycles. The molecular weight excluding hydrogens is 851 g/mol. The molecule has 0 atom stereocenters. The molecule has 4 aromatic carbocycles. The molecule has 0 spiro atoms. The average Bonchev–Trinajstić information content (AvgIpc) is 3.52. The Bertz CT molecular complexity index is 2590. The second kappa shape index (κ2) is 16.3. The van der Waals surface area contributed by atoms with Crippen LogP contribution in [0.25, 0.3) is 67.0 Å². The van der Waals surface area contributed by atoms with Crippen molar-refractivity contribution in [3.8, 4) is 44.9 Å². The molecule has 5 heteroatoms. The number of benzene rings is 4. The van der Waals surface area contributed by atoms with E-state index in [0.29, 0.717) is 5.71 Å². The first-order valence-electron chi connectivity index (χ1n) is 18.6. The fraction of sp³-hybridized carbons (Fsp3) is 0.220. The van der Waals surface area contributed by atoms with E-state index >= 15 is 0 Å². The molecular formula is C50H47IrN3O-2. The minimum absolute atomic E-state index is 0. The van der Waals surface area contributed by atoms with Gasteiger partial charge >= 0.3 is 0 Å². The van der Waals surface area contributed by atoms with Gasteiger partial charge in [-0.05, 0) is 103 Å². The quantitative estimate of drug-likeness (QED) is 0.162. The molecule has 8 rings (SSSR count). The van der Waals surface area contributed by atoms with Crippen LogP contribution in [0, 0.1) is 59.1 Å². The van der Waals surface area contributed by atoms with Gasteiger partial charge in [-0.2, -0.15) is 0 Å². The Kier molecular flexibility index (Phi) is 11.7. The van der Waals surface area contributed by atoms with Crippen molar-refractivity contribution in [3.05, 3.63) is 161 Å². The average molecular weight is 898 g/mol. The molecule has 0 N–H and O–H groups in total. The zero-order valence-corrected chi connectivity index (χ0v) is 35.6. The van der Waals surface area contributed by atoms with Gasteiger partial charge in [0.2, 0.25) is 5.71 Å². The van der Waals surface area contributed by atoms with E-state index in [4.69, 9.17) is 14.4 Å². The van der Waals surface area contributed by atoms with E-state index in [1.807, 2.05) is 30.6 Å². The van der Waals surface area contributed by atoms with Gasteiger partial charge in [-0.1, -0.05) is 104 Å². The summed E-state index contributed by atoms with van der Waals surface area (Å²) in [7, 11) is 0. The first-order chi connectivity index (χ1) is 25.8. The zero-order valence-electron chi connectivity index (χ0n) is 33.2. The Hall–Kier alpha value is -5.22. The number of rotatable bonds is 5. The summed E-state index contributed by atoms with van der Waals surface area (Å²) in [5, 5.41) is 2.03. The van der Waals surface area contributed by atoms with Crippen LogP contribution >= 0.6 is 0 Å². The molecule has 8 aromatic rings. The number of furan rings is 1. The number of nitrogens with zero attached hydrogens (tertiary/aromatic N) is 3. The Balaban J connectivity index is 0.000000270. The molecule has 4 aromatic heterocycles. The van der Waals surface area contributed by atoms with Crippen molar-refractivity contribution in [2.75, 3.05) is 0 Å². The Morgan fingerprint density at radius 1 is 0.618 bits per heavy atom. The van der Waals surface area contributed by atoms with Crippen molar-refractivity contribution >= 4 is 22.1 Å². The standard InChI is InChI=1S/C36H33N2O.C14H14N.Ir/c1-22-19-32(37-21-27(22)20-36(4,5)6)30-14-10-13-28-29-15-16-31(38-35(29)39-34(28)30)33-23(2)17-26(18-24(33)3)25-11-8-7-9-12-25;1-10-4-6-13(7-5-10)14-8-11(2)12(3)9-15-14;/h7-13,15-19,21H,20H2,1-6H3;4-6,8-9H,1-3H3;/q2*-1;. The van der Waals surface area contributed by atoms with Crippen LogP contribution in [0.15, 0.2) is 114 Å². The van der Waals surface area contributed by atoms with Gasteiger partial charge in [0.1, 0.15) is 0 Å². The number of pyridine rings is 3. The van der Waals surface area contributed by atoms with Gasteiger partial charge in [0.25, 0.3) is 0 Å². The SMILES string of the molecule is Cc1c[c-]c(-c2cc(C)c(C)cn2)cc1.Cc1cc(-c2[c-]ccc3c2oc2nc(-c4c(C)cc(-c5ccccc5)cc4C)ccc23)ncc1CC(C)(C)C.[Ir]. The van der Waals surface area contributed by atoms with Gasteiger partial charge in [0, 0.05) is 43.4 Å². The van der Waals surface area contributed by atoms with E-state index in [9.17, 15) is 0 Å². The third kappa shape index (κ3) is 8.70. The molecule has 0 bridgehead atoms. The molecule has 1 radical (unpaired) electrons.